The summed E-state index contributed by atoms with van der Waals surface area (Å²) in [4.78, 5) is 0. The van der Waals surface area contributed by atoms with Crippen molar-refractivity contribution < 1.29 is 13.2 Å². The molecule has 2 aromatic carbocycles. The summed E-state index contributed by atoms with van der Waals surface area (Å²) in [6.45, 7) is 0.223. The van der Waals surface area contributed by atoms with Gasteiger partial charge in [-0.2, -0.15) is 0 Å². The molecule has 0 radical (unpaired) electrons. The van der Waals surface area contributed by atoms with Crippen molar-refractivity contribution in [1.82, 2.24) is 0 Å². The van der Waals surface area contributed by atoms with Crippen LogP contribution in [0.2, 0.25) is 5.02 Å². The first kappa shape index (κ1) is 12.8. The zero-order chi connectivity index (χ0) is 13.1. The zero-order valence-corrected chi connectivity index (χ0v) is 9.94. The van der Waals surface area contributed by atoms with Gasteiger partial charge < -0.3 is 5.32 Å². The topological polar surface area (TPSA) is 12.0 Å². The van der Waals surface area contributed by atoms with Crippen molar-refractivity contribution in [2.24, 2.45) is 0 Å². The summed E-state index contributed by atoms with van der Waals surface area (Å²) in [5.74, 6) is -1.80. The van der Waals surface area contributed by atoms with Crippen molar-refractivity contribution in [1.29, 1.82) is 0 Å². The van der Waals surface area contributed by atoms with E-state index in [1.165, 1.54) is 12.1 Å². The Morgan fingerprint density at radius 2 is 1.44 bits per heavy atom. The van der Waals surface area contributed by atoms with Crippen LogP contribution in [0.4, 0.5) is 18.9 Å². The van der Waals surface area contributed by atoms with Crippen LogP contribution in [0.3, 0.4) is 0 Å². The van der Waals surface area contributed by atoms with E-state index < -0.39 is 17.5 Å². The summed E-state index contributed by atoms with van der Waals surface area (Å²) in [6, 6.07) is 7.16. The van der Waals surface area contributed by atoms with Crippen LogP contribution in [0.5, 0.6) is 0 Å². The molecule has 0 spiro atoms. The highest BCUT2D eigenvalue weighted by molar-refractivity contribution is 6.30. The highest BCUT2D eigenvalue weighted by atomic mass is 35.5. The van der Waals surface area contributed by atoms with Crippen molar-refractivity contribution in [3.05, 3.63) is 64.4 Å². The maximum absolute atomic E-state index is 13.0. The highest BCUT2D eigenvalue weighted by Gasteiger charge is 2.02. The molecule has 0 amide bonds. The fourth-order valence-corrected chi connectivity index (χ4v) is 1.82. The minimum atomic E-state index is -0.672. The summed E-state index contributed by atoms with van der Waals surface area (Å²) in [5, 5.41) is 3.07. The molecule has 0 aromatic heterocycles. The molecule has 2 rings (SSSR count). The summed E-state index contributed by atoms with van der Waals surface area (Å²) in [7, 11) is 0. The average molecular weight is 272 g/mol. The molecule has 0 aliphatic rings. The minimum absolute atomic E-state index is 0.223. The van der Waals surface area contributed by atoms with E-state index in [4.69, 9.17) is 11.6 Å². The maximum atomic E-state index is 13.0. The van der Waals surface area contributed by atoms with Gasteiger partial charge in [0.15, 0.2) is 0 Å². The number of hydrogen-bond acceptors (Lipinski definition) is 1. The molecule has 0 unspecified atom stereocenters. The number of nitrogens with one attached hydrogen (secondary N) is 1. The minimum Gasteiger partial charge on any atom is -0.381 e. The first-order valence-corrected chi connectivity index (χ1v) is 5.56. The van der Waals surface area contributed by atoms with E-state index >= 15 is 0 Å². The fourth-order valence-electron chi connectivity index (χ4n) is 1.57. The number of hydrogen-bond donors (Lipinski definition) is 1. The lowest BCUT2D eigenvalue weighted by Crippen LogP contribution is -2.00. The zero-order valence-electron chi connectivity index (χ0n) is 9.18. The molecular weight excluding hydrogens is 263 g/mol. The van der Waals surface area contributed by atoms with Crippen LogP contribution in [-0.4, -0.2) is 0 Å². The summed E-state index contributed by atoms with van der Waals surface area (Å²) in [5.41, 5.74) is 0.873. The predicted molar refractivity (Wildman–Crippen MR) is 65.1 cm³/mol. The fraction of sp³-hybridized carbons (Fsp3) is 0.0769. The van der Waals surface area contributed by atoms with E-state index in [0.717, 1.165) is 18.2 Å². The van der Waals surface area contributed by atoms with Gasteiger partial charge in [-0.05, 0) is 35.9 Å². The Morgan fingerprint density at radius 3 is 2.06 bits per heavy atom. The second kappa shape index (κ2) is 5.31. The van der Waals surface area contributed by atoms with Gasteiger partial charge in [-0.1, -0.05) is 11.6 Å². The number of benzene rings is 2. The van der Waals surface area contributed by atoms with Gasteiger partial charge in [0.1, 0.15) is 17.5 Å². The molecule has 1 N–H and O–H groups in total. The number of halogens is 4. The predicted octanol–water partition coefficient (Wildman–Crippen LogP) is 4.37. The lowest BCUT2D eigenvalue weighted by molar-refractivity contribution is 0.584. The van der Waals surface area contributed by atoms with Gasteiger partial charge in [-0.3, -0.25) is 0 Å². The molecule has 18 heavy (non-hydrogen) atoms. The molecule has 0 aliphatic carbocycles. The molecule has 0 saturated carbocycles. The standard InChI is InChI=1S/C13H9ClF3N/c14-9-1-8(2-10(15)3-9)7-18-13-5-11(16)4-12(17)6-13/h1-6,18H,7H2. The molecule has 0 saturated heterocycles. The van der Waals surface area contributed by atoms with Gasteiger partial charge in [0.05, 0.1) is 0 Å². The molecule has 1 nitrogen and oxygen atoms in total. The molecule has 5 heteroatoms. The van der Waals surface area contributed by atoms with E-state index in [2.05, 4.69) is 5.32 Å². The van der Waals surface area contributed by atoms with Gasteiger partial charge in [0.25, 0.3) is 0 Å². The van der Waals surface area contributed by atoms with E-state index in [1.54, 1.807) is 6.07 Å². The Bertz CT molecular complexity index is 480. The van der Waals surface area contributed by atoms with Crippen molar-refractivity contribution in [3.63, 3.8) is 0 Å². The molecule has 2 aromatic rings. The third-order valence-corrected chi connectivity index (χ3v) is 2.50. The molecule has 0 bridgehead atoms. The Morgan fingerprint density at radius 1 is 0.833 bits per heavy atom. The highest BCUT2D eigenvalue weighted by Crippen LogP contribution is 2.17. The van der Waals surface area contributed by atoms with Crippen molar-refractivity contribution >= 4 is 17.3 Å². The van der Waals surface area contributed by atoms with Crippen LogP contribution in [-0.2, 0) is 6.54 Å². The number of anilines is 1. The first-order valence-electron chi connectivity index (χ1n) is 5.18. The quantitative estimate of drug-likeness (QED) is 0.874. The second-order valence-electron chi connectivity index (χ2n) is 3.79. The normalized spacial score (nSPS) is 10.4. The Hall–Kier alpha value is -1.68. The van der Waals surface area contributed by atoms with Crippen molar-refractivity contribution in [2.75, 3.05) is 5.32 Å². The summed E-state index contributed by atoms with van der Waals surface area (Å²) in [6.07, 6.45) is 0. The van der Waals surface area contributed by atoms with Gasteiger partial charge in [0, 0.05) is 23.3 Å². The van der Waals surface area contributed by atoms with Crippen LogP contribution in [0, 0.1) is 17.5 Å². The van der Waals surface area contributed by atoms with E-state index in [0.29, 0.717) is 5.56 Å². The largest absolute Gasteiger partial charge is 0.381 e. The van der Waals surface area contributed by atoms with Crippen molar-refractivity contribution in [3.8, 4) is 0 Å². The first-order chi connectivity index (χ1) is 8.52. The lowest BCUT2D eigenvalue weighted by atomic mass is 10.2. The number of rotatable bonds is 3. The van der Waals surface area contributed by atoms with Gasteiger partial charge in [-0.15, -0.1) is 0 Å². The van der Waals surface area contributed by atoms with Crippen LogP contribution in [0.15, 0.2) is 36.4 Å². The molecule has 94 valence electrons. The molecule has 0 fully saturated rings. The smallest absolute Gasteiger partial charge is 0.128 e. The third kappa shape index (κ3) is 3.40. The van der Waals surface area contributed by atoms with Crippen molar-refractivity contribution in [2.45, 2.75) is 6.54 Å². The van der Waals surface area contributed by atoms with Crippen LogP contribution in [0.25, 0.3) is 0 Å². The second-order valence-corrected chi connectivity index (χ2v) is 4.23. The maximum Gasteiger partial charge on any atom is 0.128 e. The van der Waals surface area contributed by atoms with Gasteiger partial charge in [0.2, 0.25) is 0 Å². The van der Waals surface area contributed by atoms with Crippen LogP contribution in [0.1, 0.15) is 5.56 Å². The lowest BCUT2D eigenvalue weighted by Gasteiger charge is -2.07. The third-order valence-electron chi connectivity index (χ3n) is 2.28. The molecule has 0 atom stereocenters. The Labute approximate surface area is 107 Å². The summed E-state index contributed by atoms with van der Waals surface area (Å²) >= 11 is 5.69. The Kier molecular flexibility index (Phi) is 3.77. The molecule has 0 aliphatic heterocycles. The van der Waals surface area contributed by atoms with E-state index in [-0.39, 0.29) is 17.3 Å². The molecule has 0 heterocycles. The van der Waals surface area contributed by atoms with Gasteiger partial charge in [-0.25, -0.2) is 13.2 Å². The van der Waals surface area contributed by atoms with Gasteiger partial charge >= 0.3 is 0 Å². The van der Waals surface area contributed by atoms with Crippen LogP contribution < -0.4 is 5.32 Å². The SMILES string of the molecule is Fc1cc(Cl)cc(CNc2cc(F)cc(F)c2)c1. The van der Waals surface area contributed by atoms with Crippen LogP contribution >= 0.6 is 11.6 Å². The van der Waals surface area contributed by atoms with E-state index in [9.17, 15) is 13.2 Å². The monoisotopic (exact) mass is 271 g/mol. The Balaban J connectivity index is 2.11. The average Bonchev–Trinajstić information content (AvgIpc) is 2.23. The molecular formula is C13H9ClF3N. The summed E-state index contributed by atoms with van der Waals surface area (Å²) < 4.78 is 38.9. The van der Waals surface area contributed by atoms with E-state index in [1.807, 2.05) is 0 Å².